The van der Waals surface area contributed by atoms with Crippen LogP contribution < -0.4 is 5.32 Å². The third kappa shape index (κ3) is 3.38. The summed E-state index contributed by atoms with van der Waals surface area (Å²) in [7, 11) is 2.48. The summed E-state index contributed by atoms with van der Waals surface area (Å²) in [6.45, 7) is -0.504. The fraction of sp³-hybridized carbons (Fsp3) is 0.286. The molecule has 160 valence electrons. The Morgan fingerprint density at radius 3 is 2.32 bits per heavy atom. The Bertz CT molecular complexity index is 1100. The molecular weight excluding hydrogens is 424 g/mol. The number of carbonyl (C=O) groups is 5. The molecule has 0 spiro atoms. The van der Waals surface area contributed by atoms with Crippen LogP contribution in [0.2, 0.25) is 0 Å². The number of hydrogen-bond acceptors (Lipinski definition) is 8. The molecule has 0 fully saturated rings. The molecule has 31 heavy (non-hydrogen) atoms. The van der Waals surface area contributed by atoms with Gasteiger partial charge in [-0.2, -0.15) is 0 Å². The first-order chi connectivity index (χ1) is 14.9. The first-order valence-electron chi connectivity index (χ1n) is 9.44. The van der Waals surface area contributed by atoms with Crippen molar-refractivity contribution >= 4 is 46.0 Å². The zero-order chi connectivity index (χ0) is 22.3. The number of carbonyl (C=O) groups excluding carboxylic acids is 5. The maximum absolute atomic E-state index is 12.7. The number of rotatable bonds is 5. The number of anilines is 1. The second-order valence-corrected chi connectivity index (χ2v) is 8.14. The highest BCUT2D eigenvalue weighted by molar-refractivity contribution is 7.17. The van der Waals surface area contributed by atoms with Gasteiger partial charge < -0.3 is 14.8 Å². The van der Waals surface area contributed by atoms with Crippen LogP contribution in [0.15, 0.2) is 24.3 Å². The lowest BCUT2D eigenvalue weighted by Crippen LogP contribution is -2.37. The molecule has 0 saturated heterocycles. The van der Waals surface area contributed by atoms with Crippen LogP contribution in [-0.4, -0.2) is 55.3 Å². The van der Waals surface area contributed by atoms with Gasteiger partial charge in [-0.3, -0.25) is 24.1 Å². The van der Waals surface area contributed by atoms with E-state index < -0.39 is 42.1 Å². The summed E-state index contributed by atoms with van der Waals surface area (Å²) in [5, 5.41) is 2.82. The van der Waals surface area contributed by atoms with E-state index in [4.69, 9.17) is 9.47 Å². The van der Waals surface area contributed by atoms with Crippen molar-refractivity contribution in [2.75, 3.05) is 26.1 Å². The minimum absolute atomic E-state index is 0.103. The van der Waals surface area contributed by atoms with Gasteiger partial charge in [0.1, 0.15) is 11.5 Å². The molecule has 0 bridgehead atoms. The Morgan fingerprint density at radius 2 is 1.74 bits per heavy atom. The molecule has 1 N–H and O–H groups in total. The summed E-state index contributed by atoms with van der Waals surface area (Å²) in [5.74, 6) is -3.52. The van der Waals surface area contributed by atoms with E-state index in [0.717, 1.165) is 9.78 Å². The molecular formula is C21H18N2O7S. The maximum atomic E-state index is 12.7. The second-order valence-electron chi connectivity index (χ2n) is 7.04. The van der Waals surface area contributed by atoms with Crippen molar-refractivity contribution in [2.45, 2.75) is 18.8 Å². The molecule has 2 heterocycles. The monoisotopic (exact) mass is 442 g/mol. The molecule has 1 atom stereocenters. The SMILES string of the molecule is COC(=O)c1c(NC(=O)CN2C(=O)c3ccccc3C2=O)sc2c1[C@@H](C(=O)OC)CC2. The highest BCUT2D eigenvalue weighted by Gasteiger charge is 2.39. The van der Waals surface area contributed by atoms with Crippen molar-refractivity contribution in [2.24, 2.45) is 0 Å². The summed E-state index contributed by atoms with van der Waals surface area (Å²) in [4.78, 5) is 63.9. The van der Waals surface area contributed by atoms with E-state index in [1.54, 1.807) is 12.1 Å². The smallest absolute Gasteiger partial charge is 0.341 e. The summed E-state index contributed by atoms with van der Waals surface area (Å²) >= 11 is 1.17. The van der Waals surface area contributed by atoms with Crippen LogP contribution in [-0.2, 0) is 25.5 Å². The molecule has 3 amide bonds. The average molecular weight is 442 g/mol. The van der Waals surface area contributed by atoms with Crippen LogP contribution in [0.25, 0.3) is 0 Å². The molecule has 0 saturated carbocycles. The molecule has 1 aromatic carbocycles. The van der Waals surface area contributed by atoms with Crippen molar-refractivity contribution in [3.63, 3.8) is 0 Å². The van der Waals surface area contributed by atoms with E-state index in [0.29, 0.717) is 18.4 Å². The van der Waals surface area contributed by atoms with Crippen LogP contribution in [0, 0.1) is 0 Å². The van der Waals surface area contributed by atoms with Crippen LogP contribution in [0.4, 0.5) is 5.00 Å². The number of esters is 2. The Kier molecular flexibility index (Phi) is 5.32. The van der Waals surface area contributed by atoms with Crippen molar-refractivity contribution in [3.8, 4) is 0 Å². The van der Waals surface area contributed by atoms with Gasteiger partial charge in [0.2, 0.25) is 5.91 Å². The van der Waals surface area contributed by atoms with Crippen molar-refractivity contribution in [1.29, 1.82) is 0 Å². The van der Waals surface area contributed by atoms with E-state index in [-0.39, 0.29) is 21.7 Å². The van der Waals surface area contributed by atoms with E-state index in [1.165, 1.54) is 37.7 Å². The van der Waals surface area contributed by atoms with Gasteiger partial charge in [-0.25, -0.2) is 4.79 Å². The van der Waals surface area contributed by atoms with Gasteiger partial charge in [-0.15, -0.1) is 11.3 Å². The van der Waals surface area contributed by atoms with Gasteiger partial charge in [0.25, 0.3) is 11.8 Å². The van der Waals surface area contributed by atoms with Crippen molar-refractivity contribution in [3.05, 3.63) is 51.4 Å². The minimum atomic E-state index is -0.690. The summed E-state index contributed by atoms with van der Waals surface area (Å²) in [6, 6.07) is 6.33. The molecule has 1 aliphatic carbocycles. The molecule has 0 unspecified atom stereocenters. The topological polar surface area (TPSA) is 119 Å². The van der Waals surface area contributed by atoms with Gasteiger partial charge >= 0.3 is 11.9 Å². The fourth-order valence-electron chi connectivity index (χ4n) is 3.93. The number of methoxy groups -OCH3 is 2. The number of ether oxygens (including phenoxy) is 2. The Balaban J connectivity index is 1.58. The number of aryl methyl sites for hydroxylation is 1. The highest BCUT2D eigenvalue weighted by atomic mass is 32.1. The Labute approximate surface area is 180 Å². The molecule has 9 nitrogen and oxygen atoms in total. The van der Waals surface area contributed by atoms with E-state index in [1.807, 2.05) is 0 Å². The number of thiophene rings is 1. The lowest BCUT2D eigenvalue weighted by atomic mass is 9.99. The molecule has 4 rings (SSSR count). The lowest BCUT2D eigenvalue weighted by Gasteiger charge is -2.14. The number of nitrogens with one attached hydrogen (secondary N) is 1. The number of amides is 3. The standard InChI is InChI=1S/C21H18N2O7S/c1-29-20(27)12-7-8-13-15(12)16(21(28)30-2)17(31-13)22-14(24)9-23-18(25)10-5-3-4-6-11(10)19(23)26/h3-6,12H,7-9H2,1-2H3,(H,22,24)/t12-/m0/s1. The number of fused-ring (bicyclic) bond motifs is 2. The highest BCUT2D eigenvalue weighted by Crippen LogP contribution is 2.45. The Hall–Kier alpha value is -3.53. The van der Waals surface area contributed by atoms with Crippen LogP contribution in [0.3, 0.4) is 0 Å². The third-order valence-electron chi connectivity index (χ3n) is 5.34. The molecule has 2 aliphatic rings. The van der Waals surface area contributed by atoms with E-state index in [9.17, 15) is 24.0 Å². The number of imide groups is 1. The molecule has 1 aromatic heterocycles. The van der Waals surface area contributed by atoms with Gasteiger partial charge in [-0.05, 0) is 30.5 Å². The third-order valence-corrected chi connectivity index (χ3v) is 6.52. The minimum Gasteiger partial charge on any atom is -0.469 e. The zero-order valence-corrected chi connectivity index (χ0v) is 17.5. The number of nitrogens with zero attached hydrogens (tertiary/aromatic N) is 1. The average Bonchev–Trinajstić information content (AvgIpc) is 3.40. The quantitative estimate of drug-likeness (QED) is 0.555. The number of hydrogen-bond donors (Lipinski definition) is 1. The molecule has 10 heteroatoms. The summed E-state index contributed by atoms with van der Waals surface area (Å²) in [6.07, 6.45) is 1.05. The predicted octanol–water partition coefficient (Wildman–Crippen LogP) is 1.97. The van der Waals surface area contributed by atoms with Crippen molar-refractivity contribution in [1.82, 2.24) is 4.90 Å². The van der Waals surface area contributed by atoms with Crippen LogP contribution in [0.5, 0.6) is 0 Å². The largest absolute Gasteiger partial charge is 0.469 e. The van der Waals surface area contributed by atoms with Crippen molar-refractivity contribution < 1.29 is 33.4 Å². The van der Waals surface area contributed by atoms with Gasteiger partial charge in [0.15, 0.2) is 0 Å². The molecule has 2 aromatic rings. The van der Waals surface area contributed by atoms with Crippen LogP contribution >= 0.6 is 11.3 Å². The van der Waals surface area contributed by atoms with Crippen LogP contribution in [0.1, 0.15) is 53.9 Å². The lowest BCUT2D eigenvalue weighted by molar-refractivity contribution is -0.142. The Morgan fingerprint density at radius 1 is 1.10 bits per heavy atom. The van der Waals surface area contributed by atoms with Gasteiger partial charge in [0, 0.05) is 4.88 Å². The normalized spacial score (nSPS) is 16.7. The number of benzene rings is 1. The van der Waals surface area contributed by atoms with E-state index >= 15 is 0 Å². The second kappa shape index (κ2) is 7.95. The zero-order valence-electron chi connectivity index (χ0n) is 16.7. The first-order valence-corrected chi connectivity index (χ1v) is 10.3. The predicted molar refractivity (Wildman–Crippen MR) is 109 cm³/mol. The first kappa shape index (κ1) is 20.7. The summed E-state index contributed by atoms with van der Waals surface area (Å²) in [5.41, 5.74) is 1.09. The molecule has 1 aliphatic heterocycles. The molecule has 0 radical (unpaired) electrons. The summed E-state index contributed by atoms with van der Waals surface area (Å²) < 4.78 is 9.70. The van der Waals surface area contributed by atoms with E-state index in [2.05, 4.69) is 5.32 Å². The van der Waals surface area contributed by atoms with Gasteiger partial charge in [-0.1, -0.05) is 12.1 Å². The maximum Gasteiger partial charge on any atom is 0.341 e. The van der Waals surface area contributed by atoms with Gasteiger partial charge in [0.05, 0.1) is 36.8 Å². The fourth-order valence-corrected chi connectivity index (χ4v) is 5.21.